The molecule has 26 heavy (non-hydrogen) atoms. The van der Waals surface area contributed by atoms with E-state index in [1.807, 2.05) is 0 Å². The molecular formula is C17H11Cl2FN2O4. The Labute approximate surface area is 156 Å². The van der Waals surface area contributed by atoms with E-state index in [1.54, 1.807) is 24.3 Å². The van der Waals surface area contributed by atoms with Crippen molar-refractivity contribution in [2.45, 2.75) is 0 Å². The zero-order chi connectivity index (χ0) is 18.8. The molecule has 0 fully saturated rings. The number of pyridine rings is 1. The average Bonchev–Trinajstić information content (AvgIpc) is 2.62. The van der Waals surface area contributed by atoms with Crippen LogP contribution in [0.4, 0.5) is 10.2 Å². The number of nitrogens with zero attached hydrogens (tertiary/aromatic N) is 1. The van der Waals surface area contributed by atoms with E-state index in [0.717, 1.165) is 0 Å². The van der Waals surface area contributed by atoms with E-state index in [4.69, 9.17) is 33.0 Å². The van der Waals surface area contributed by atoms with Gasteiger partial charge in [-0.3, -0.25) is 4.79 Å². The predicted molar refractivity (Wildman–Crippen MR) is 96.0 cm³/mol. The molecule has 0 spiro atoms. The van der Waals surface area contributed by atoms with E-state index in [2.05, 4.69) is 10.3 Å². The van der Waals surface area contributed by atoms with Gasteiger partial charge in [0.05, 0.1) is 0 Å². The number of phenols is 1. The Bertz CT molecular complexity index is 1010. The van der Waals surface area contributed by atoms with Gasteiger partial charge in [-0.15, -0.1) is 0 Å². The lowest BCUT2D eigenvalue weighted by Crippen LogP contribution is -2.14. The summed E-state index contributed by atoms with van der Waals surface area (Å²) in [4.78, 5) is 14.2. The molecule has 0 saturated carbocycles. The standard InChI is InChI=1S/C17H11Cl2FN2O4/c18-13-15(14(19)17(22-16(13)20)21-7-12(24)25)26-11-6-5-10(23)8-3-1-2-4-9(8)11/h1-6,23H,7H2,(H,21,22)(H,24,25). The molecule has 1 aromatic heterocycles. The van der Waals surface area contributed by atoms with Gasteiger partial charge in [-0.1, -0.05) is 47.5 Å². The summed E-state index contributed by atoms with van der Waals surface area (Å²) in [5, 5.41) is 21.5. The van der Waals surface area contributed by atoms with Gasteiger partial charge in [0.1, 0.15) is 28.1 Å². The van der Waals surface area contributed by atoms with Gasteiger partial charge >= 0.3 is 5.97 Å². The number of carboxylic acids is 1. The quantitative estimate of drug-likeness (QED) is 0.542. The highest BCUT2D eigenvalue weighted by Gasteiger charge is 2.21. The fraction of sp³-hybridized carbons (Fsp3) is 0.0588. The minimum atomic E-state index is -1.18. The van der Waals surface area contributed by atoms with Crippen LogP contribution in [0.5, 0.6) is 17.2 Å². The zero-order valence-electron chi connectivity index (χ0n) is 13.0. The third-order valence-corrected chi connectivity index (χ3v) is 4.16. The number of phenolic OH excluding ortho intramolecular Hbond substituents is 1. The predicted octanol–water partition coefficient (Wildman–Crippen LogP) is 4.68. The van der Waals surface area contributed by atoms with Crippen LogP contribution in [-0.2, 0) is 4.79 Å². The number of hydrogen-bond donors (Lipinski definition) is 3. The molecule has 2 aromatic carbocycles. The second kappa shape index (κ2) is 7.23. The molecule has 0 radical (unpaired) electrons. The van der Waals surface area contributed by atoms with Gasteiger partial charge in [0.25, 0.3) is 0 Å². The van der Waals surface area contributed by atoms with Gasteiger partial charge in [-0.05, 0) is 12.1 Å². The number of aromatic hydroxyl groups is 1. The van der Waals surface area contributed by atoms with Crippen molar-refractivity contribution in [2.24, 2.45) is 0 Å². The molecule has 3 aromatic rings. The van der Waals surface area contributed by atoms with Crippen LogP contribution in [0.25, 0.3) is 10.8 Å². The lowest BCUT2D eigenvalue weighted by molar-refractivity contribution is -0.134. The van der Waals surface area contributed by atoms with Crippen LogP contribution < -0.4 is 10.1 Å². The van der Waals surface area contributed by atoms with Crippen LogP contribution in [0.3, 0.4) is 0 Å². The van der Waals surface area contributed by atoms with Crippen molar-refractivity contribution in [3.8, 4) is 17.2 Å². The van der Waals surface area contributed by atoms with Gasteiger partial charge in [0, 0.05) is 10.8 Å². The minimum Gasteiger partial charge on any atom is -0.507 e. The van der Waals surface area contributed by atoms with E-state index in [9.17, 15) is 14.3 Å². The molecule has 9 heteroatoms. The summed E-state index contributed by atoms with van der Waals surface area (Å²) in [6.45, 7) is -0.518. The minimum absolute atomic E-state index is 0.0508. The third kappa shape index (κ3) is 3.44. The summed E-state index contributed by atoms with van der Waals surface area (Å²) in [6, 6.07) is 9.77. The molecular weight excluding hydrogens is 386 g/mol. The summed E-state index contributed by atoms with van der Waals surface area (Å²) in [7, 11) is 0. The summed E-state index contributed by atoms with van der Waals surface area (Å²) in [5.74, 6) is -2.35. The maximum absolute atomic E-state index is 14.0. The van der Waals surface area contributed by atoms with Crippen molar-refractivity contribution in [2.75, 3.05) is 11.9 Å². The normalized spacial score (nSPS) is 10.7. The summed E-state index contributed by atoms with van der Waals surface area (Å²) in [5.41, 5.74) is 0. The molecule has 0 atom stereocenters. The maximum Gasteiger partial charge on any atom is 0.322 e. The fourth-order valence-corrected chi connectivity index (χ4v) is 2.78. The third-order valence-electron chi connectivity index (χ3n) is 3.48. The van der Waals surface area contributed by atoms with Crippen LogP contribution in [0.1, 0.15) is 0 Å². The average molecular weight is 397 g/mol. The molecule has 0 aliphatic rings. The molecule has 0 unspecified atom stereocenters. The number of aliphatic carboxylic acids is 1. The Morgan fingerprint density at radius 1 is 1.15 bits per heavy atom. The molecule has 0 saturated heterocycles. The lowest BCUT2D eigenvalue weighted by Gasteiger charge is -2.15. The van der Waals surface area contributed by atoms with Crippen LogP contribution in [0, 0.1) is 5.95 Å². The number of carboxylic acid groups (broad SMARTS) is 1. The number of nitrogens with one attached hydrogen (secondary N) is 1. The number of aromatic nitrogens is 1. The van der Waals surface area contributed by atoms with Crippen molar-refractivity contribution in [1.29, 1.82) is 0 Å². The van der Waals surface area contributed by atoms with Gasteiger partial charge in [-0.2, -0.15) is 9.37 Å². The zero-order valence-corrected chi connectivity index (χ0v) is 14.5. The molecule has 1 heterocycles. The van der Waals surface area contributed by atoms with Crippen molar-refractivity contribution in [1.82, 2.24) is 4.98 Å². The number of rotatable bonds is 5. The number of fused-ring (bicyclic) bond motifs is 1. The number of ether oxygens (including phenoxy) is 1. The SMILES string of the molecule is O=C(O)CNc1nc(F)c(Cl)c(Oc2ccc(O)c3ccccc23)c1Cl. The highest BCUT2D eigenvalue weighted by Crippen LogP contribution is 2.43. The van der Waals surface area contributed by atoms with Crippen molar-refractivity contribution >= 4 is 45.8 Å². The van der Waals surface area contributed by atoms with E-state index in [1.165, 1.54) is 12.1 Å². The van der Waals surface area contributed by atoms with Crippen molar-refractivity contribution in [3.05, 3.63) is 52.4 Å². The van der Waals surface area contributed by atoms with Crippen molar-refractivity contribution < 1.29 is 24.1 Å². The largest absolute Gasteiger partial charge is 0.507 e. The maximum atomic E-state index is 14.0. The lowest BCUT2D eigenvalue weighted by atomic mass is 10.1. The Hall–Kier alpha value is -2.77. The topological polar surface area (TPSA) is 91.7 Å². The highest BCUT2D eigenvalue weighted by molar-refractivity contribution is 6.38. The summed E-state index contributed by atoms with van der Waals surface area (Å²) in [6.07, 6.45) is 0. The van der Waals surface area contributed by atoms with Crippen LogP contribution in [0.2, 0.25) is 10.0 Å². The first-order chi connectivity index (χ1) is 12.4. The number of anilines is 1. The number of carbonyl (C=O) groups is 1. The number of hydrogen-bond acceptors (Lipinski definition) is 5. The van der Waals surface area contributed by atoms with Gasteiger partial charge in [0.2, 0.25) is 5.95 Å². The van der Waals surface area contributed by atoms with Gasteiger partial charge in [-0.25, -0.2) is 0 Å². The number of halogens is 3. The Morgan fingerprint density at radius 2 is 1.85 bits per heavy atom. The van der Waals surface area contributed by atoms with E-state index < -0.39 is 23.5 Å². The Morgan fingerprint density at radius 3 is 2.54 bits per heavy atom. The molecule has 0 amide bonds. The first-order valence-electron chi connectivity index (χ1n) is 7.27. The number of benzene rings is 2. The summed E-state index contributed by atoms with van der Waals surface area (Å²) < 4.78 is 19.7. The molecule has 3 rings (SSSR count). The smallest absolute Gasteiger partial charge is 0.322 e. The molecule has 0 bridgehead atoms. The molecule has 3 N–H and O–H groups in total. The Kier molecular flexibility index (Phi) is 5.01. The Balaban J connectivity index is 2.08. The van der Waals surface area contributed by atoms with Gasteiger partial charge in [0.15, 0.2) is 11.6 Å². The van der Waals surface area contributed by atoms with E-state index >= 15 is 0 Å². The highest BCUT2D eigenvalue weighted by atomic mass is 35.5. The fourth-order valence-electron chi connectivity index (χ4n) is 2.31. The van der Waals surface area contributed by atoms with E-state index in [0.29, 0.717) is 10.8 Å². The molecule has 0 aliphatic carbocycles. The first kappa shape index (κ1) is 18.0. The van der Waals surface area contributed by atoms with E-state index in [-0.39, 0.29) is 28.1 Å². The van der Waals surface area contributed by atoms with Gasteiger partial charge < -0.3 is 20.3 Å². The van der Waals surface area contributed by atoms with Crippen LogP contribution in [-0.4, -0.2) is 27.7 Å². The first-order valence-corrected chi connectivity index (χ1v) is 8.02. The van der Waals surface area contributed by atoms with Crippen molar-refractivity contribution in [3.63, 3.8) is 0 Å². The monoisotopic (exact) mass is 396 g/mol. The molecule has 134 valence electrons. The molecule has 0 aliphatic heterocycles. The van der Waals surface area contributed by atoms with Crippen LogP contribution in [0.15, 0.2) is 36.4 Å². The second-order valence-corrected chi connectivity index (χ2v) is 5.94. The second-order valence-electron chi connectivity index (χ2n) is 5.19. The molecule has 6 nitrogen and oxygen atoms in total. The summed E-state index contributed by atoms with van der Waals surface area (Å²) >= 11 is 12.1. The van der Waals surface area contributed by atoms with Crippen LogP contribution >= 0.6 is 23.2 Å².